The number of quaternary nitrogens is 1. The van der Waals surface area contributed by atoms with E-state index >= 15 is 0 Å². The van der Waals surface area contributed by atoms with Gasteiger partial charge in [-0.15, -0.1) is 0 Å². The zero-order valence-corrected chi connectivity index (χ0v) is 17.2. The molecular formula is C21H29N2O6+. The first-order chi connectivity index (χ1) is 14.0. The Bertz CT molecular complexity index is 800. The van der Waals surface area contributed by atoms with Crippen molar-refractivity contribution in [2.24, 2.45) is 0 Å². The second kappa shape index (κ2) is 9.28. The van der Waals surface area contributed by atoms with E-state index in [2.05, 4.69) is 0 Å². The number of aliphatic hydroxyl groups excluding tert-OH is 1. The molecule has 0 radical (unpaired) electrons. The Hall–Kier alpha value is -2.58. The van der Waals surface area contributed by atoms with E-state index in [-0.39, 0.29) is 11.4 Å². The van der Waals surface area contributed by atoms with Crippen LogP contribution >= 0.6 is 0 Å². The molecule has 0 unspecified atom stereocenters. The second-order valence-corrected chi connectivity index (χ2v) is 7.29. The summed E-state index contributed by atoms with van der Waals surface area (Å²) < 4.78 is 16.1. The first kappa shape index (κ1) is 21.1. The molecule has 0 saturated carbocycles. The molecule has 0 spiro atoms. The molecule has 29 heavy (non-hydrogen) atoms. The number of carbonyl (C=O) groups is 2. The molecule has 1 fully saturated rings. The van der Waals surface area contributed by atoms with Gasteiger partial charge in [-0.3, -0.25) is 9.59 Å². The van der Waals surface area contributed by atoms with Crippen molar-refractivity contribution in [2.75, 3.05) is 53.6 Å². The van der Waals surface area contributed by atoms with E-state index in [0.29, 0.717) is 23.6 Å². The van der Waals surface area contributed by atoms with Crippen molar-refractivity contribution in [3.05, 3.63) is 35.1 Å². The van der Waals surface area contributed by atoms with Gasteiger partial charge in [0, 0.05) is 24.6 Å². The van der Waals surface area contributed by atoms with Crippen LogP contribution in [0.3, 0.4) is 0 Å². The topological polar surface area (TPSA) is 89.7 Å². The molecule has 2 N–H and O–H groups in total. The molecule has 0 aliphatic carbocycles. The molecule has 1 amide bonds. The summed E-state index contributed by atoms with van der Waals surface area (Å²) in [6.45, 7) is 6.10. The van der Waals surface area contributed by atoms with Crippen LogP contribution in [0, 0.1) is 0 Å². The normalized spacial score (nSPS) is 20.3. The number of rotatable bonds is 8. The fraction of sp³-hybridized carbons (Fsp3) is 0.524. The molecule has 1 aromatic rings. The van der Waals surface area contributed by atoms with Gasteiger partial charge in [-0.2, -0.15) is 0 Å². The zero-order valence-electron chi connectivity index (χ0n) is 17.2. The number of benzene rings is 1. The Morgan fingerprint density at radius 2 is 2.00 bits per heavy atom. The molecule has 1 saturated heterocycles. The van der Waals surface area contributed by atoms with E-state index in [4.69, 9.17) is 14.2 Å². The van der Waals surface area contributed by atoms with E-state index in [1.165, 1.54) is 18.9 Å². The summed E-state index contributed by atoms with van der Waals surface area (Å²) in [5.74, 6) is -0.219. The highest BCUT2D eigenvalue weighted by atomic mass is 16.5. The van der Waals surface area contributed by atoms with E-state index < -0.39 is 17.7 Å². The maximum Gasteiger partial charge on any atom is 0.290 e. The smallest absolute Gasteiger partial charge is 0.290 e. The van der Waals surface area contributed by atoms with E-state index in [1.54, 1.807) is 30.2 Å². The molecule has 158 valence electrons. The SMILES string of the molecule is COc1ccc([C@@H]2C(C(C)=O)=C(O)C(=O)N2CCC[NH+]2CCOCC2)c(OC)c1. The van der Waals surface area contributed by atoms with Crippen LogP contribution in [0.2, 0.25) is 0 Å². The van der Waals surface area contributed by atoms with Gasteiger partial charge in [0.15, 0.2) is 11.5 Å². The number of amides is 1. The lowest BCUT2D eigenvalue weighted by Gasteiger charge is -2.29. The lowest BCUT2D eigenvalue weighted by Crippen LogP contribution is -3.14. The predicted octanol–water partition coefficient (Wildman–Crippen LogP) is 0.293. The highest BCUT2D eigenvalue weighted by Gasteiger charge is 2.43. The highest BCUT2D eigenvalue weighted by molar-refractivity contribution is 6.08. The van der Waals surface area contributed by atoms with Crippen molar-refractivity contribution < 1.29 is 33.8 Å². The van der Waals surface area contributed by atoms with Crippen LogP contribution in [0.4, 0.5) is 0 Å². The number of morpholine rings is 1. The number of nitrogens with one attached hydrogen (secondary N) is 1. The summed E-state index contributed by atoms with van der Waals surface area (Å²) in [7, 11) is 3.08. The quantitative estimate of drug-likeness (QED) is 0.646. The number of methoxy groups -OCH3 is 2. The third-order valence-corrected chi connectivity index (χ3v) is 5.55. The molecule has 2 heterocycles. The minimum Gasteiger partial charge on any atom is -0.503 e. The van der Waals surface area contributed by atoms with Crippen LogP contribution in [0.5, 0.6) is 11.5 Å². The maximum absolute atomic E-state index is 12.8. The number of aliphatic hydroxyl groups is 1. The van der Waals surface area contributed by atoms with Crippen LogP contribution in [0.25, 0.3) is 0 Å². The number of nitrogens with zero attached hydrogens (tertiary/aromatic N) is 1. The molecule has 2 aliphatic heterocycles. The number of hydrogen-bond acceptors (Lipinski definition) is 6. The van der Waals surface area contributed by atoms with Gasteiger partial charge in [0.25, 0.3) is 5.91 Å². The molecule has 0 aromatic heterocycles. The van der Waals surface area contributed by atoms with Gasteiger partial charge in [0.1, 0.15) is 24.6 Å². The van der Waals surface area contributed by atoms with E-state index in [9.17, 15) is 14.7 Å². The second-order valence-electron chi connectivity index (χ2n) is 7.29. The Kier molecular flexibility index (Phi) is 6.76. The van der Waals surface area contributed by atoms with Crippen molar-refractivity contribution >= 4 is 11.7 Å². The van der Waals surface area contributed by atoms with Crippen molar-refractivity contribution in [1.82, 2.24) is 4.90 Å². The van der Waals surface area contributed by atoms with Crippen molar-refractivity contribution in [2.45, 2.75) is 19.4 Å². The average molecular weight is 405 g/mol. The highest BCUT2D eigenvalue weighted by Crippen LogP contribution is 2.42. The van der Waals surface area contributed by atoms with Gasteiger partial charge in [-0.05, 0) is 19.1 Å². The monoisotopic (exact) mass is 405 g/mol. The van der Waals surface area contributed by atoms with Crippen molar-refractivity contribution in [3.63, 3.8) is 0 Å². The van der Waals surface area contributed by atoms with Crippen LogP contribution in [0.1, 0.15) is 24.9 Å². The molecular weight excluding hydrogens is 376 g/mol. The van der Waals surface area contributed by atoms with Gasteiger partial charge >= 0.3 is 0 Å². The summed E-state index contributed by atoms with van der Waals surface area (Å²) >= 11 is 0. The van der Waals surface area contributed by atoms with Crippen LogP contribution in [-0.2, 0) is 14.3 Å². The number of ether oxygens (including phenoxy) is 3. The molecule has 8 nitrogen and oxygen atoms in total. The summed E-state index contributed by atoms with van der Waals surface area (Å²) in [5, 5.41) is 10.4. The van der Waals surface area contributed by atoms with Gasteiger partial charge in [-0.1, -0.05) is 0 Å². The molecule has 1 atom stereocenters. The zero-order chi connectivity index (χ0) is 21.0. The Labute approximate surface area is 170 Å². The fourth-order valence-corrected chi connectivity index (χ4v) is 4.02. The van der Waals surface area contributed by atoms with Crippen LogP contribution in [-0.4, -0.2) is 75.3 Å². The minimum absolute atomic E-state index is 0.109. The summed E-state index contributed by atoms with van der Waals surface area (Å²) in [4.78, 5) is 28.1. The Morgan fingerprint density at radius 1 is 1.28 bits per heavy atom. The number of Topliss-reactive ketones (excluding diaryl/α,β-unsaturated/α-hetero) is 1. The lowest BCUT2D eigenvalue weighted by molar-refractivity contribution is -0.908. The van der Waals surface area contributed by atoms with Crippen molar-refractivity contribution in [3.8, 4) is 11.5 Å². The molecule has 8 heteroatoms. The number of hydrogen-bond donors (Lipinski definition) is 2. The summed E-state index contributed by atoms with van der Waals surface area (Å²) in [6.07, 6.45) is 0.758. The Balaban J connectivity index is 1.86. The van der Waals surface area contributed by atoms with Gasteiger partial charge < -0.3 is 29.1 Å². The maximum atomic E-state index is 12.8. The molecule has 1 aromatic carbocycles. The average Bonchev–Trinajstić information content (AvgIpc) is 2.99. The minimum atomic E-state index is -0.680. The summed E-state index contributed by atoms with van der Waals surface area (Å²) in [5.41, 5.74) is 0.756. The van der Waals surface area contributed by atoms with Gasteiger partial charge in [-0.25, -0.2) is 0 Å². The number of ketones is 1. The number of carbonyl (C=O) groups excluding carboxylic acids is 2. The Morgan fingerprint density at radius 3 is 2.62 bits per heavy atom. The van der Waals surface area contributed by atoms with Crippen molar-refractivity contribution in [1.29, 1.82) is 0 Å². The van der Waals surface area contributed by atoms with E-state index in [1.807, 2.05) is 0 Å². The lowest BCUT2D eigenvalue weighted by atomic mass is 9.95. The molecule has 0 bridgehead atoms. The predicted molar refractivity (Wildman–Crippen MR) is 105 cm³/mol. The third kappa shape index (κ3) is 4.38. The largest absolute Gasteiger partial charge is 0.503 e. The molecule has 3 rings (SSSR count). The van der Waals surface area contributed by atoms with Gasteiger partial charge in [0.2, 0.25) is 0 Å². The third-order valence-electron chi connectivity index (χ3n) is 5.55. The first-order valence-corrected chi connectivity index (χ1v) is 9.86. The van der Waals surface area contributed by atoms with Crippen LogP contribution < -0.4 is 14.4 Å². The molecule has 2 aliphatic rings. The standard InChI is InChI=1S/C21H28N2O6/c1-14(24)18-19(16-6-5-15(27-2)13-17(16)28-3)23(21(26)20(18)25)8-4-7-22-9-11-29-12-10-22/h5-6,13,19,25H,4,7-12H2,1-3H3/p+1/t19-/m1/s1. The van der Waals surface area contributed by atoms with E-state index in [0.717, 1.165) is 39.3 Å². The van der Waals surface area contributed by atoms with Gasteiger partial charge in [0.05, 0.1) is 45.6 Å². The van der Waals surface area contributed by atoms with Crippen LogP contribution in [0.15, 0.2) is 29.5 Å². The first-order valence-electron chi connectivity index (χ1n) is 9.86. The summed E-state index contributed by atoms with van der Waals surface area (Å²) in [6, 6.07) is 4.56. The fourth-order valence-electron chi connectivity index (χ4n) is 4.02.